The molecule has 0 amide bonds. The first-order chi connectivity index (χ1) is 7.69. The summed E-state index contributed by atoms with van der Waals surface area (Å²) in [6.07, 6.45) is 1.32. The maximum atomic E-state index is 11.2. The van der Waals surface area contributed by atoms with E-state index in [2.05, 4.69) is 20.0 Å². The molecule has 1 aromatic rings. The van der Waals surface area contributed by atoms with Gasteiger partial charge in [-0.3, -0.25) is 0 Å². The van der Waals surface area contributed by atoms with E-state index in [0.717, 1.165) is 0 Å². The van der Waals surface area contributed by atoms with E-state index in [1.54, 1.807) is 7.11 Å². The van der Waals surface area contributed by atoms with Gasteiger partial charge in [0.05, 0.1) is 13.7 Å². The lowest BCUT2D eigenvalue weighted by molar-refractivity contribution is 0.0601. The zero-order valence-electron chi connectivity index (χ0n) is 9.19. The summed E-state index contributed by atoms with van der Waals surface area (Å²) in [5.74, 6) is -0.120. The van der Waals surface area contributed by atoms with E-state index in [0.29, 0.717) is 19.1 Å². The van der Waals surface area contributed by atoms with Crippen LogP contribution in [0.1, 0.15) is 10.4 Å². The van der Waals surface area contributed by atoms with Crippen LogP contribution >= 0.6 is 0 Å². The van der Waals surface area contributed by atoms with Crippen LogP contribution in [-0.2, 0) is 9.47 Å². The van der Waals surface area contributed by atoms with E-state index in [-0.39, 0.29) is 11.4 Å². The lowest BCUT2D eigenvalue weighted by Gasteiger charge is -2.06. The van der Waals surface area contributed by atoms with Gasteiger partial charge in [0.1, 0.15) is 11.4 Å². The number of methoxy groups -OCH3 is 2. The molecule has 7 nitrogen and oxygen atoms in total. The SMILES string of the molecule is COCCNc1ncc(C(=O)OC)c(N)n1. The molecule has 0 aliphatic rings. The highest BCUT2D eigenvalue weighted by Gasteiger charge is 2.12. The minimum Gasteiger partial charge on any atom is -0.465 e. The van der Waals surface area contributed by atoms with Crippen molar-refractivity contribution in [3.8, 4) is 0 Å². The minimum absolute atomic E-state index is 0.0850. The van der Waals surface area contributed by atoms with Crippen molar-refractivity contribution in [1.29, 1.82) is 0 Å². The number of carbonyl (C=O) groups is 1. The van der Waals surface area contributed by atoms with Crippen molar-refractivity contribution in [2.45, 2.75) is 0 Å². The summed E-state index contributed by atoms with van der Waals surface area (Å²) in [7, 11) is 2.86. The fourth-order valence-corrected chi connectivity index (χ4v) is 1.01. The highest BCUT2D eigenvalue weighted by atomic mass is 16.5. The van der Waals surface area contributed by atoms with Crippen molar-refractivity contribution < 1.29 is 14.3 Å². The number of ether oxygens (including phenoxy) is 2. The first-order valence-electron chi connectivity index (χ1n) is 4.62. The van der Waals surface area contributed by atoms with Crippen LogP contribution in [0.4, 0.5) is 11.8 Å². The van der Waals surface area contributed by atoms with Gasteiger partial charge in [-0.1, -0.05) is 0 Å². The second kappa shape index (κ2) is 5.86. The largest absolute Gasteiger partial charge is 0.465 e. The van der Waals surface area contributed by atoms with Crippen LogP contribution < -0.4 is 11.1 Å². The average molecular weight is 226 g/mol. The molecule has 0 unspecified atom stereocenters. The Kier molecular flexibility index (Phi) is 4.46. The molecule has 0 aliphatic carbocycles. The number of nitrogens with zero attached hydrogens (tertiary/aromatic N) is 2. The summed E-state index contributed by atoms with van der Waals surface area (Å²) in [6, 6.07) is 0. The predicted molar refractivity (Wildman–Crippen MR) is 58.1 cm³/mol. The Labute approximate surface area is 93.0 Å². The standard InChI is InChI=1S/C9H14N4O3/c1-15-4-3-11-9-12-5-6(7(10)13-9)8(14)16-2/h5H,3-4H2,1-2H3,(H3,10,11,12,13). The number of hydrogen-bond donors (Lipinski definition) is 2. The number of anilines is 2. The molecule has 1 rings (SSSR count). The molecule has 7 heteroatoms. The van der Waals surface area contributed by atoms with E-state index >= 15 is 0 Å². The van der Waals surface area contributed by atoms with Gasteiger partial charge in [-0.15, -0.1) is 0 Å². The number of rotatable bonds is 5. The van der Waals surface area contributed by atoms with Crippen molar-refractivity contribution in [3.63, 3.8) is 0 Å². The second-order valence-corrected chi connectivity index (χ2v) is 2.90. The molecule has 0 radical (unpaired) electrons. The third-order valence-electron chi connectivity index (χ3n) is 1.81. The van der Waals surface area contributed by atoms with Crippen molar-refractivity contribution in [2.24, 2.45) is 0 Å². The number of nitrogen functional groups attached to an aromatic ring is 1. The van der Waals surface area contributed by atoms with Crippen molar-refractivity contribution in [2.75, 3.05) is 38.4 Å². The van der Waals surface area contributed by atoms with Crippen molar-refractivity contribution in [1.82, 2.24) is 9.97 Å². The summed E-state index contributed by atoms with van der Waals surface area (Å²) in [6.45, 7) is 1.09. The van der Waals surface area contributed by atoms with Gasteiger partial charge in [0.15, 0.2) is 0 Å². The third-order valence-corrected chi connectivity index (χ3v) is 1.81. The Morgan fingerprint density at radius 1 is 1.56 bits per heavy atom. The zero-order chi connectivity index (χ0) is 12.0. The summed E-state index contributed by atoms with van der Waals surface area (Å²) in [5, 5.41) is 2.89. The van der Waals surface area contributed by atoms with Gasteiger partial charge in [0.2, 0.25) is 5.95 Å². The fourth-order valence-electron chi connectivity index (χ4n) is 1.01. The normalized spacial score (nSPS) is 9.88. The van der Waals surface area contributed by atoms with Gasteiger partial charge in [0.25, 0.3) is 0 Å². The molecule has 0 spiro atoms. The molecule has 16 heavy (non-hydrogen) atoms. The second-order valence-electron chi connectivity index (χ2n) is 2.90. The van der Waals surface area contributed by atoms with Gasteiger partial charge in [-0.25, -0.2) is 9.78 Å². The smallest absolute Gasteiger partial charge is 0.343 e. The molecule has 3 N–H and O–H groups in total. The maximum absolute atomic E-state index is 11.2. The predicted octanol–water partition coefficient (Wildman–Crippen LogP) is -0.0963. The first kappa shape index (κ1) is 12.2. The van der Waals surface area contributed by atoms with Crippen LogP contribution in [0.3, 0.4) is 0 Å². The minimum atomic E-state index is -0.555. The number of nitrogens with one attached hydrogen (secondary N) is 1. The van der Waals surface area contributed by atoms with Crippen LogP contribution in [0.15, 0.2) is 6.20 Å². The molecule has 0 bridgehead atoms. The van der Waals surface area contributed by atoms with Crippen LogP contribution in [-0.4, -0.2) is 43.3 Å². The van der Waals surface area contributed by atoms with Crippen LogP contribution in [0.5, 0.6) is 0 Å². The van der Waals surface area contributed by atoms with E-state index in [9.17, 15) is 4.79 Å². The highest BCUT2D eigenvalue weighted by Crippen LogP contribution is 2.10. The molecule has 1 heterocycles. The first-order valence-corrected chi connectivity index (χ1v) is 4.62. The Morgan fingerprint density at radius 3 is 2.88 bits per heavy atom. The van der Waals surface area contributed by atoms with Crippen molar-refractivity contribution >= 4 is 17.7 Å². The van der Waals surface area contributed by atoms with Gasteiger partial charge in [-0.2, -0.15) is 4.98 Å². The Bertz CT molecular complexity index is 370. The van der Waals surface area contributed by atoms with E-state index in [1.165, 1.54) is 13.3 Å². The number of nitrogens with two attached hydrogens (primary N) is 1. The molecule has 0 aliphatic heterocycles. The van der Waals surface area contributed by atoms with Gasteiger partial charge in [-0.05, 0) is 0 Å². The molecule has 1 aromatic heterocycles. The van der Waals surface area contributed by atoms with E-state index < -0.39 is 5.97 Å². The summed E-state index contributed by atoms with van der Waals surface area (Å²) in [5.41, 5.74) is 5.73. The monoisotopic (exact) mass is 226 g/mol. The molecule has 88 valence electrons. The molecular formula is C9H14N4O3. The molecule has 0 saturated carbocycles. The third kappa shape index (κ3) is 3.06. The molecule has 0 atom stereocenters. The number of hydrogen-bond acceptors (Lipinski definition) is 7. The Balaban J connectivity index is 2.71. The average Bonchev–Trinajstić information content (AvgIpc) is 2.29. The molecule has 0 fully saturated rings. The zero-order valence-corrected chi connectivity index (χ0v) is 9.19. The molecular weight excluding hydrogens is 212 g/mol. The highest BCUT2D eigenvalue weighted by molar-refractivity contribution is 5.93. The van der Waals surface area contributed by atoms with Gasteiger partial charge >= 0.3 is 5.97 Å². The summed E-state index contributed by atoms with van der Waals surface area (Å²) in [4.78, 5) is 19.0. The fraction of sp³-hybridized carbons (Fsp3) is 0.444. The topological polar surface area (TPSA) is 99.4 Å². The Hall–Kier alpha value is -1.89. The van der Waals surface area contributed by atoms with Crippen LogP contribution in [0.25, 0.3) is 0 Å². The number of carbonyl (C=O) groups excluding carboxylic acids is 1. The Morgan fingerprint density at radius 2 is 2.31 bits per heavy atom. The summed E-state index contributed by atoms with van der Waals surface area (Å²) < 4.78 is 9.37. The van der Waals surface area contributed by atoms with E-state index in [4.69, 9.17) is 10.5 Å². The van der Waals surface area contributed by atoms with E-state index in [1.807, 2.05) is 0 Å². The molecule has 0 aromatic carbocycles. The number of esters is 1. The van der Waals surface area contributed by atoms with Crippen LogP contribution in [0.2, 0.25) is 0 Å². The summed E-state index contributed by atoms with van der Waals surface area (Å²) >= 11 is 0. The van der Waals surface area contributed by atoms with Crippen molar-refractivity contribution in [3.05, 3.63) is 11.8 Å². The molecule has 0 saturated heterocycles. The lowest BCUT2D eigenvalue weighted by atomic mass is 10.3. The van der Waals surface area contributed by atoms with Gasteiger partial charge < -0.3 is 20.5 Å². The maximum Gasteiger partial charge on any atom is 0.343 e. The lowest BCUT2D eigenvalue weighted by Crippen LogP contribution is -2.13. The number of aromatic nitrogens is 2. The quantitative estimate of drug-likeness (QED) is 0.534. The van der Waals surface area contributed by atoms with Gasteiger partial charge in [0, 0.05) is 19.9 Å². The van der Waals surface area contributed by atoms with Crippen LogP contribution in [0, 0.1) is 0 Å².